The summed E-state index contributed by atoms with van der Waals surface area (Å²) in [4.78, 5) is 0. The van der Waals surface area contributed by atoms with Gasteiger partial charge >= 0.3 is 0 Å². The van der Waals surface area contributed by atoms with Crippen LogP contribution in [-0.2, 0) is 13.2 Å². The van der Waals surface area contributed by atoms with Crippen molar-refractivity contribution < 1.29 is 13.9 Å². The predicted molar refractivity (Wildman–Crippen MR) is 88.6 cm³/mol. The zero-order chi connectivity index (χ0) is 16.2. The molecule has 2 aromatic carbocycles. The normalized spacial score (nSPS) is 13.9. The molecular formula is C18H19ClFNO2. The summed E-state index contributed by atoms with van der Waals surface area (Å²) in [5, 5.41) is 4.08. The van der Waals surface area contributed by atoms with Gasteiger partial charge in [0.1, 0.15) is 12.4 Å². The molecule has 2 aromatic rings. The van der Waals surface area contributed by atoms with E-state index in [4.69, 9.17) is 21.1 Å². The second kappa shape index (κ2) is 7.20. The highest BCUT2D eigenvalue weighted by atomic mass is 35.5. The molecule has 1 N–H and O–H groups in total. The zero-order valence-electron chi connectivity index (χ0n) is 12.9. The summed E-state index contributed by atoms with van der Waals surface area (Å²) in [5.74, 6) is 0.961. The number of hydrogen-bond donors (Lipinski definition) is 1. The average molecular weight is 336 g/mol. The van der Waals surface area contributed by atoms with Crippen LogP contribution in [0.3, 0.4) is 0 Å². The fourth-order valence-corrected chi connectivity index (χ4v) is 2.49. The first-order valence-corrected chi connectivity index (χ1v) is 8.00. The lowest BCUT2D eigenvalue weighted by atomic mass is 10.2. The van der Waals surface area contributed by atoms with Crippen molar-refractivity contribution in [3.8, 4) is 11.5 Å². The number of benzene rings is 2. The maximum Gasteiger partial charge on any atom is 0.163 e. The van der Waals surface area contributed by atoms with Gasteiger partial charge in [-0.2, -0.15) is 0 Å². The fourth-order valence-electron chi connectivity index (χ4n) is 2.27. The van der Waals surface area contributed by atoms with E-state index in [2.05, 4.69) is 5.32 Å². The minimum atomic E-state index is -0.262. The van der Waals surface area contributed by atoms with Crippen molar-refractivity contribution >= 4 is 11.6 Å². The Hall–Kier alpha value is -1.78. The lowest BCUT2D eigenvalue weighted by Gasteiger charge is -2.14. The van der Waals surface area contributed by atoms with Crippen LogP contribution in [0.2, 0.25) is 5.02 Å². The summed E-state index contributed by atoms with van der Waals surface area (Å²) in [5.41, 5.74) is 1.87. The van der Waals surface area contributed by atoms with E-state index in [-0.39, 0.29) is 5.82 Å². The van der Waals surface area contributed by atoms with Crippen LogP contribution in [0.1, 0.15) is 24.0 Å². The minimum absolute atomic E-state index is 0.262. The van der Waals surface area contributed by atoms with Crippen molar-refractivity contribution in [1.29, 1.82) is 0 Å². The SMILES string of the molecule is COc1cc(CNC2CC2)c(Cl)cc1OCc1ccc(F)cc1. The monoisotopic (exact) mass is 335 g/mol. The molecule has 1 aliphatic rings. The smallest absolute Gasteiger partial charge is 0.163 e. The molecule has 0 aliphatic heterocycles. The number of ether oxygens (including phenoxy) is 2. The van der Waals surface area contributed by atoms with Gasteiger partial charge in [0.25, 0.3) is 0 Å². The van der Waals surface area contributed by atoms with E-state index in [0.717, 1.165) is 17.7 Å². The Morgan fingerprint density at radius 3 is 2.57 bits per heavy atom. The molecule has 0 saturated heterocycles. The predicted octanol–water partition coefficient (Wildman–Crippen LogP) is 4.32. The van der Waals surface area contributed by atoms with Gasteiger partial charge in [-0.3, -0.25) is 0 Å². The van der Waals surface area contributed by atoms with Gasteiger partial charge in [-0.15, -0.1) is 0 Å². The summed E-state index contributed by atoms with van der Waals surface area (Å²) in [6.07, 6.45) is 2.46. The zero-order valence-corrected chi connectivity index (χ0v) is 13.7. The quantitative estimate of drug-likeness (QED) is 0.817. The Morgan fingerprint density at radius 1 is 1.17 bits per heavy atom. The highest BCUT2D eigenvalue weighted by molar-refractivity contribution is 6.31. The van der Waals surface area contributed by atoms with Crippen LogP contribution >= 0.6 is 11.6 Å². The standard InChI is InChI=1S/C18H19ClFNO2/c1-22-17-8-13(10-21-15-6-7-15)16(19)9-18(17)23-11-12-2-4-14(20)5-3-12/h2-5,8-9,15,21H,6-7,10-11H2,1H3. The molecule has 0 bridgehead atoms. The third kappa shape index (κ3) is 4.36. The average Bonchev–Trinajstić information content (AvgIpc) is 3.37. The topological polar surface area (TPSA) is 30.5 Å². The number of nitrogens with one attached hydrogen (secondary N) is 1. The van der Waals surface area contributed by atoms with Crippen molar-refractivity contribution in [3.05, 3.63) is 58.4 Å². The van der Waals surface area contributed by atoms with Crippen molar-refractivity contribution in [3.63, 3.8) is 0 Å². The number of hydrogen-bond acceptors (Lipinski definition) is 3. The van der Waals surface area contributed by atoms with Crippen molar-refractivity contribution in [2.75, 3.05) is 7.11 Å². The van der Waals surface area contributed by atoms with Gasteiger partial charge in [0, 0.05) is 23.7 Å². The van der Waals surface area contributed by atoms with E-state index in [1.165, 1.54) is 25.0 Å². The van der Waals surface area contributed by atoms with Crippen LogP contribution in [0.4, 0.5) is 4.39 Å². The van der Waals surface area contributed by atoms with Crippen LogP contribution in [0, 0.1) is 5.82 Å². The highest BCUT2D eigenvalue weighted by Crippen LogP contribution is 2.34. The first-order valence-electron chi connectivity index (χ1n) is 7.63. The van der Waals surface area contributed by atoms with Crippen molar-refractivity contribution in [2.24, 2.45) is 0 Å². The third-order valence-corrected chi connectivity index (χ3v) is 4.15. The summed E-state index contributed by atoms with van der Waals surface area (Å²) < 4.78 is 24.1. The molecular weight excluding hydrogens is 317 g/mol. The first kappa shape index (κ1) is 16.1. The van der Waals surface area contributed by atoms with E-state index in [1.807, 2.05) is 6.07 Å². The second-order valence-corrected chi connectivity index (χ2v) is 6.07. The van der Waals surface area contributed by atoms with Gasteiger partial charge in [-0.25, -0.2) is 4.39 Å². The largest absolute Gasteiger partial charge is 0.493 e. The van der Waals surface area contributed by atoms with Gasteiger partial charge in [0.2, 0.25) is 0 Å². The number of halogens is 2. The molecule has 3 rings (SSSR count). The van der Waals surface area contributed by atoms with Gasteiger partial charge in [-0.1, -0.05) is 23.7 Å². The Bertz CT molecular complexity index is 671. The van der Waals surface area contributed by atoms with Crippen molar-refractivity contribution in [1.82, 2.24) is 5.32 Å². The summed E-state index contributed by atoms with van der Waals surface area (Å²) in [6.45, 7) is 1.05. The van der Waals surface area contributed by atoms with Crippen LogP contribution in [0.25, 0.3) is 0 Å². The number of methoxy groups -OCH3 is 1. The first-order chi connectivity index (χ1) is 11.2. The maximum atomic E-state index is 12.9. The summed E-state index contributed by atoms with van der Waals surface area (Å²) >= 11 is 6.34. The Labute approximate surface area is 140 Å². The molecule has 0 radical (unpaired) electrons. The van der Waals surface area contributed by atoms with Crippen LogP contribution < -0.4 is 14.8 Å². The van der Waals surface area contributed by atoms with Crippen molar-refractivity contribution in [2.45, 2.75) is 32.0 Å². The molecule has 3 nitrogen and oxygen atoms in total. The molecule has 122 valence electrons. The van der Waals surface area contributed by atoms with E-state index >= 15 is 0 Å². The highest BCUT2D eigenvalue weighted by Gasteiger charge is 2.21. The fraction of sp³-hybridized carbons (Fsp3) is 0.333. The van der Waals surface area contributed by atoms with Gasteiger partial charge < -0.3 is 14.8 Å². The number of rotatable bonds is 7. The van der Waals surface area contributed by atoms with Gasteiger partial charge in [0.15, 0.2) is 11.5 Å². The molecule has 1 saturated carbocycles. The molecule has 0 atom stereocenters. The van der Waals surface area contributed by atoms with Gasteiger partial charge in [-0.05, 0) is 42.2 Å². The molecule has 0 unspecified atom stereocenters. The molecule has 0 spiro atoms. The molecule has 1 aliphatic carbocycles. The van der Waals surface area contributed by atoms with Crippen LogP contribution in [0.5, 0.6) is 11.5 Å². The third-order valence-electron chi connectivity index (χ3n) is 3.80. The van der Waals surface area contributed by atoms with Crippen LogP contribution in [0.15, 0.2) is 36.4 Å². The Balaban J connectivity index is 1.69. The molecule has 1 fully saturated rings. The summed E-state index contributed by atoms with van der Waals surface area (Å²) in [7, 11) is 1.60. The van der Waals surface area contributed by atoms with E-state index in [9.17, 15) is 4.39 Å². The van der Waals surface area contributed by atoms with E-state index < -0.39 is 0 Å². The lowest BCUT2D eigenvalue weighted by Crippen LogP contribution is -2.15. The lowest BCUT2D eigenvalue weighted by molar-refractivity contribution is 0.284. The minimum Gasteiger partial charge on any atom is -0.493 e. The van der Waals surface area contributed by atoms with E-state index in [1.54, 1.807) is 25.3 Å². The Morgan fingerprint density at radius 2 is 1.91 bits per heavy atom. The summed E-state index contributed by atoms with van der Waals surface area (Å²) in [6, 6.07) is 10.5. The molecule has 23 heavy (non-hydrogen) atoms. The van der Waals surface area contributed by atoms with Crippen LogP contribution in [-0.4, -0.2) is 13.2 Å². The molecule has 0 aromatic heterocycles. The second-order valence-electron chi connectivity index (χ2n) is 5.66. The van der Waals surface area contributed by atoms with E-state index in [0.29, 0.717) is 29.2 Å². The molecule has 0 heterocycles. The van der Waals surface area contributed by atoms with Gasteiger partial charge in [0.05, 0.1) is 7.11 Å². The molecule has 5 heteroatoms. The molecule has 0 amide bonds. The maximum absolute atomic E-state index is 12.9. The Kier molecular flexibility index (Phi) is 5.03.